The number of carbonyl (C=O) groups excluding carboxylic acids is 2. The van der Waals surface area contributed by atoms with Gasteiger partial charge in [0.05, 0.1) is 37.0 Å². The Labute approximate surface area is 211 Å². The standard InChI is InChI=1S/C28H24F3NO5/c1-16-7-12-22(37-3)21(13-16)25(33)23-24(18-8-10-20(36-2)11-9-18)32(27(35)26(23)34)15-17-5-4-6-19(14-17)28(29,30)31/h4-14,24,33H,15H2,1-3H3/b25-23+. The van der Waals surface area contributed by atoms with Gasteiger partial charge in [-0.15, -0.1) is 0 Å². The number of carbonyl (C=O) groups is 2. The monoisotopic (exact) mass is 511 g/mol. The van der Waals surface area contributed by atoms with Crippen LogP contribution in [0.2, 0.25) is 0 Å². The van der Waals surface area contributed by atoms with Crippen LogP contribution in [0.1, 0.15) is 33.9 Å². The zero-order valence-electron chi connectivity index (χ0n) is 20.3. The molecule has 4 rings (SSSR count). The van der Waals surface area contributed by atoms with E-state index >= 15 is 0 Å². The quantitative estimate of drug-likeness (QED) is 0.263. The van der Waals surface area contributed by atoms with Crippen molar-refractivity contribution in [2.24, 2.45) is 0 Å². The number of methoxy groups -OCH3 is 2. The maximum Gasteiger partial charge on any atom is 0.416 e. The highest BCUT2D eigenvalue weighted by molar-refractivity contribution is 6.46. The van der Waals surface area contributed by atoms with Gasteiger partial charge in [-0.25, -0.2) is 0 Å². The molecule has 1 fully saturated rings. The first-order valence-electron chi connectivity index (χ1n) is 11.3. The second-order valence-electron chi connectivity index (χ2n) is 8.60. The van der Waals surface area contributed by atoms with E-state index in [4.69, 9.17) is 9.47 Å². The van der Waals surface area contributed by atoms with Crippen molar-refractivity contribution in [3.05, 3.63) is 100 Å². The number of aliphatic hydroxyl groups excluding tert-OH is 1. The van der Waals surface area contributed by atoms with Gasteiger partial charge < -0.3 is 19.5 Å². The molecule has 3 aromatic carbocycles. The second-order valence-corrected chi connectivity index (χ2v) is 8.60. The number of nitrogens with zero attached hydrogens (tertiary/aromatic N) is 1. The van der Waals surface area contributed by atoms with Crippen LogP contribution in [0.3, 0.4) is 0 Å². The number of ketones is 1. The van der Waals surface area contributed by atoms with Crippen LogP contribution in [0, 0.1) is 6.92 Å². The Bertz CT molecular complexity index is 1380. The summed E-state index contributed by atoms with van der Waals surface area (Å²) in [5, 5.41) is 11.3. The number of Topliss-reactive ketones (excluding diaryl/α,β-unsaturated/α-hetero) is 1. The van der Waals surface area contributed by atoms with Crippen LogP contribution >= 0.6 is 0 Å². The number of aryl methyl sites for hydroxylation is 1. The molecule has 1 aliphatic rings. The van der Waals surface area contributed by atoms with Crippen molar-refractivity contribution in [1.82, 2.24) is 4.90 Å². The van der Waals surface area contributed by atoms with E-state index in [0.717, 1.165) is 22.6 Å². The van der Waals surface area contributed by atoms with Crippen LogP contribution in [-0.4, -0.2) is 35.9 Å². The largest absolute Gasteiger partial charge is 0.507 e. The van der Waals surface area contributed by atoms with Crippen LogP contribution < -0.4 is 9.47 Å². The number of amides is 1. The highest BCUT2D eigenvalue weighted by Crippen LogP contribution is 2.42. The topological polar surface area (TPSA) is 76.1 Å². The summed E-state index contributed by atoms with van der Waals surface area (Å²) in [5.41, 5.74) is 0.598. The minimum absolute atomic E-state index is 0.184. The van der Waals surface area contributed by atoms with E-state index in [-0.39, 0.29) is 23.2 Å². The van der Waals surface area contributed by atoms with Crippen molar-refractivity contribution in [2.45, 2.75) is 25.7 Å². The van der Waals surface area contributed by atoms with Crippen LogP contribution in [0.25, 0.3) is 5.76 Å². The zero-order valence-corrected chi connectivity index (χ0v) is 20.3. The Morgan fingerprint density at radius 2 is 1.68 bits per heavy atom. The van der Waals surface area contributed by atoms with E-state index in [9.17, 15) is 27.9 Å². The van der Waals surface area contributed by atoms with Crippen molar-refractivity contribution >= 4 is 17.4 Å². The van der Waals surface area contributed by atoms with Gasteiger partial charge in [-0.05, 0) is 54.4 Å². The van der Waals surface area contributed by atoms with Gasteiger partial charge in [-0.2, -0.15) is 13.2 Å². The summed E-state index contributed by atoms with van der Waals surface area (Å²) in [6.07, 6.45) is -4.57. The third kappa shape index (κ3) is 5.02. The summed E-state index contributed by atoms with van der Waals surface area (Å²) in [6, 6.07) is 15.1. The number of aliphatic hydroxyl groups is 1. The van der Waals surface area contributed by atoms with E-state index in [1.165, 1.54) is 26.4 Å². The summed E-state index contributed by atoms with van der Waals surface area (Å²) in [5.74, 6) is -1.51. The van der Waals surface area contributed by atoms with Gasteiger partial charge in [0, 0.05) is 6.54 Å². The van der Waals surface area contributed by atoms with Crippen LogP contribution in [0.4, 0.5) is 13.2 Å². The Balaban J connectivity index is 1.88. The lowest BCUT2D eigenvalue weighted by atomic mass is 9.94. The third-order valence-corrected chi connectivity index (χ3v) is 6.19. The Kier molecular flexibility index (Phi) is 6.98. The number of ether oxygens (including phenoxy) is 2. The van der Waals surface area contributed by atoms with Crippen molar-refractivity contribution in [3.63, 3.8) is 0 Å². The maximum absolute atomic E-state index is 13.3. The highest BCUT2D eigenvalue weighted by Gasteiger charge is 2.46. The number of hydrogen-bond donors (Lipinski definition) is 1. The van der Waals surface area contributed by atoms with Crippen LogP contribution in [0.5, 0.6) is 11.5 Å². The van der Waals surface area contributed by atoms with Gasteiger partial charge in [0.25, 0.3) is 11.7 Å². The van der Waals surface area contributed by atoms with Crippen molar-refractivity contribution < 1.29 is 37.3 Å². The maximum atomic E-state index is 13.3. The molecule has 0 spiro atoms. The molecular formula is C28H24F3NO5. The molecule has 1 amide bonds. The molecule has 0 aromatic heterocycles. The fourth-order valence-electron chi connectivity index (χ4n) is 4.37. The van der Waals surface area contributed by atoms with Crippen molar-refractivity contribution in [3.8, 4) is 11.5 Å². The Morgan fingerprint density at radius 3 is 2.30 bits per heavy atom. The second kappa shape index (κ2) is 10.0. The fourth-order valence-corrected chi connectivity index (χ4v) is 4.37. The molecule has 1 N–H and O–H groups in total. The minimum atomic E-state index is -4.57. The number of likely N-dealkylation sites (tertiary alicyclic amines) is 1. The van der Waals surface area contributed by atoms with E-state index in [2.05, 4.69) is 0 Å². The first kappa shape index (κ1) is 25.8. The first-order valence-corrected chi connectivity index (χ1v) is 11.3. The fraction of sp³-hybridized carbons (Fsp3) is 0.214. The number of alkyl halides is 3. The molecule has 6 nitrogen and oxygen atoms in total. The number of hydrogen-bond acceptors (Lipinski definition) is 5. The summed E-state index contributed by atoms with van der Waals surface area (Å²) < 4.78 is 50.4. The minimum Gasteiger partial charge on any atom is -0.507 e. The van der Waals surface area contributed by atoms with Crippen LogP contribution in [-0.2, 0) is 22.3 Å². The molecule has 0 aliphatic carbocycles. The molecule has 37 heavy (non-hydrogen) atoms. The molecule has 1 atom stereocenters. The zero-order chi connectivity index (χ0) is 26.9. The number of rotatable bonds is 6. The van der Waals surface area contributed by atoms with E-state index in [0.29, 0.717) is 17.1 Å². The molecule has 0 saturated carbocycles. The molecule has 9 heteroatoms. The molecule has 1 aliphatic heterocycles. The normalized spacial score (nSPS) is 17.2. The lowest BCUT2D eigenvalue weighted by Gasteiger charge is -2.26. The Morgan fingerprint density at radius 1 is 0.973 bits per heavy atom. The first-order chi connectivity index (χ1) is 17.5. The molecule has 192 valence electrons. The number of halogens is 3. The molecule has 1 unspecified atom stereocenters. The average molecular weight is 511 g/mol. The van der Waals surface area contributed by atoms with Gasteiger partial charge in [0.1, 0.15) is 17.3 Å². The summed E-state index contributed by atoms with van der Waals surface area (Å²) in [7, 11) is 2.90. The van der Waals surface area contributed by atoms with Crippen molar-refractivity contribution in [1.29, 1.82) is 0 Å². The summed E-state index contributed by atoms with van der Waals surface area (Å²) >= 11 is 0. The predicted octanol–water partition coefficient (Wildman–Crippen LogP) is 5.65. The molecule has 0 radical (unpaired) electrons. The van der Waals surface area contributed by atoms with Gasteiger partial charge in [-0.1, -0.05) is 35.9 Å². The summed E-state index contributed by atoms with van der Waals surface area (Å²) in [4.78, 5) is 27.7. The summed E-state index contributed by atoms with van der Waals surface area (Å²) in [6.45, 7) is 1.51. The lowest BCUT2D eigenvalue weighted by Crippen LogP contribution is -2.29. The molecule has 1 saturated heterocycles. The molecule has 0 bridgehead atoms. The molecular weight excluding hydrogens is 487 g/mol. The SMILES string of the molecule is COc1ccc(C2/C(=C(\O)c3cc(C)ccc3OC)C(=O)C(=O)N2Cc2cccc(C(F)(F)F)c2)cc1. The van der Waals surface area contributed by atoms with Gasteiger partial charge in [0.2, 0.25) is 0 Å². The van der Waals surface area contributed by atoms with Crippen molar-refractivity contribution in [2.75, 3.05) is 14.2 Å². The predicted molar refractivity (Wildman–Crippen MR) is 130 cm³/mol. The third-order valence-electron chi connectivity index (χ3n) is 6.19. The van der Waals surface area contributed by atoms with E-state index in [1.54, 1.807) is 49.4 Å². The van der Waals surface area contributed by atoms with E-state index < -0.39 is 35.2 Å². The van der Waals surface area contributed by atoms with Gasteiger partial charge >= 0.3 is 6.18 Å². The van der Waals surface area contributed by atoms with Gasteiger partial charge in [0.15, 0.2) is 0 Å². The Hall–Kier alpha value is -4.27. The lowest BCUT2D eigenvalue weighted by molar-refractivity contribution is -0.140. The molecule has 1 heterocycles. The smallest absolute Gasteiger partial charge is 0.416 e. The highest BCUT2D eigenvalue weighted by atomic mass is 19.4. The van der Waals surface area contributed by atoms with E-state index in [1.807, 2.05) is 0 Å². The number of benzene rings is 3. The average Bonchev–Trinajstić information content (AvgIpc) is 3.13. The molecule has 3 aromatic rings. The van der Waals surface area contributed by atoms with Crippen LogP contribution in [0.15, 0.2) is 72.3 Å². The van der Waals surface area contributed by atoms with Gasteiger partial charge in [-0.3, -0.25) is 9.59 Å².